The van der Waals surface area contributed by atoms with Crippen LogP contribution >= 0.6 is 0 Å². The standard InChI is InChI=1S/C14H20N2/c1-9(2)12-7-6-11-8-13(10(3)4)16(5)14(11)15-12/h6-10H,1-5H3. The third kappa shape index (κ3) is 1.73. The van der Waals surface area contributed by atoms with Gasteiger partial charge >= 0.3 is 0 Å². The number of rotatable bonds is 2. The quantitative estimate of drug-likeness (QED) is 0.746. The molecule has 0 aliphatic carbocycles. The molecule has 0 aliphatic rings. The second kappa shape index (κ2) is 3.93. The summed E-state index contributed by atoms with van der Waals surface area (Å²) in [6, 6.07) is 6.57. The molecule has 2 rings (SSSR count). The second-order valence-corrected chi connectivity index (χ2v) is 5.09. The van der Waals surface area contributed by atoms with E-state index in [2.05, 4.69) is 57.5 Å². The fourth-order valence-corrected chi connectivity index (χ4v) is 2.11. The Labute approximate surface area is 97.3 Å². The fraction of sp³-hybridized carbons (Fsp3) is 0.500. The van der Waals surface area contributed by atoms with Crippen molar-refractivity contribution in [3.8, 4) is 0 Å². The summed E-state index contributed by atoms with van der Waals surface area (Å²) in [5.74, 6) is 1.03. The average Bonchev–Trinajstić information content (AvgIpc) is 2.56. The van der Waals surface area contributed by atoms with Gasteiger partial charge in [0.15, 0.2) is 0 Å². The molecule has 0 bridgehead atoms. The molecule has 0 saturated heterocycles. The highest BCUT2D eigenvalue weighted by atomic mass is 15.0. The lowest BCUT2D eigenvalue weighted by Crippen LogP contribution is -2.00. The van der Waals surface area contributed by atoms with Crippen molar-refractivity contribution in [2.24, 2.45) is 7.05 Å². The first-order valence-electron chi connectivity index (χ1n) is 5.97. The van der Waals surface area contributed by atoms with E-state index in [0.717, 1.165) is 5.65 Å². The van der Waals surface area contributed by atoms with Crippen LogP contribution in [0.1, 0.15) is 50.9 Å². The molecule has 2 heteroatoms. The van der Waals surface area contributed by atoms with Crippen LogP contribution in [0, 0.1) is 0 Å². The fourth-order valence-electron chi connectivity index (χ4n) is 2.11. The SMILES string of the molecule is CC(C)c1ccc2cc(C(C)C)n(C)c2n1. The summed E-state index contributed by atoms with van der Waals surface area (Å²) in [6.45, 7) is 8.80. The Morgan fingerprint density at radius 2 is 1.75 bits per heavy atom. The van der Waals surface area contributed by atoms with Crippen molar-refractivity contribution in [2.75, 3.05) is 0 Å². The summed E-state index contributed by atoms with van der Waals surface area (Å²) < 4.78 is 2.21. The van der Waals surface area contributed by atoms with Crippen molar-refractivity contribution in [3.05, 3.63) is 29.6 Å². The van der Waals surface area contributed by atoms with Gasteiger partial charge in [-0.05, 0) is 30.0 Å². The minimum atomic E-state index is 0.488. The first-order chi connectivity index (χ1) is 7.50. The predicted molar refractivity (Wildman–Crippen MR) is 68.9 cm³/mol. The minimum absolute atomic E-state index is 0.488. The Hall–Kier alpha value is -1.31. The summed E-state index contributed by atoms with van der Waals surface area (Å²) in [7, 11) is 2.11. The van der Waals surface area contributed by atoms with Gasteiger partial charge in [-0.1, -0.05) is 27.7 Å². The van der Waals surface area contributed by atoms with Crippen LogP contribution in [-0.4, -0.2) is 9.55 Å². The van der Waals surface area contributed by atoms with Crippen LogP contribution in [0.15, 0.2) is 18.2 Å². The highest BCUT2D eigenvalue weighted by molar-refractivity contribution is 5.77. The van der Waals surface area contributed by atoms with Crippen LogP contribution in [0.25, 0.3) is 11.0 Å². The van der Waals surface area contributed by atoms with E-state index < -0.39 is 0 Å². The van der Waals surface area contributed by atoms with Gasteiger partial charge in [-0.2, -0.15) is 0 Å². The Bertz CT molecular complexity index is 507. The molecule has 2 aromatic heterocycles. The molecule has 0 fully saturated rings. The van der Waals surface area contributed by atoms with E-state index in [-0.39, 0.29) is 0 Å². The first kappa shape index (κ1) is 11.2. The van der Waals surface area contributed by atoms with Gasteiger partial charge in [0.2, 0.25) is 0 Å². The maximum atomic E-state index is 4.74. The van der Waals surface area contributed by atoms with Gasteiger partial charge in [-0.15, -0.1) is 0 Å². The molecular formula is C14H20N2. The van der Waals surface area contributed by atoms with E-state index in [1.54, 1.807) is 0 Å². The van der Waals surface area contributed by atoms with Crippen LogP contribution in [0.5, 0.6) is 0 Å². The van der Waals surface area contributed by atoms with Gasteiger partial charge in [-0.25, -0.2) is 4.98 Å². The van der Waals surface area contributed by atoms with Gasteiger partial charge in [0.25, 0.3) is 0 Å². The van der Waals surface area contributed by atoms with E-state index in [9.17, 15) is 0 Å². The topological polar surface area (TPSA) is 17.8 Å². The van der Waals surface area contributed by atoms with Crippen molar-refractivity contribution in [1.82, 2.24) is 9.55 Å². The summed E-state index contributed by atoms with van der Waals surface area (Å²) in [6.07, 6.45) is 0. The summed E-state index contributed by atoms with van der Waals surface area (Å²) in [5, 5.41) is 1.25. The zero-order valence-corrected chi connectivity index (χ0v) is 10.8. The van der Waals surface area contributed by atoms with Gasteiger partial charge in [0.1, 0.15) is 5.65 Å². The minimum Gasteiger partial charge on any atom is -0.332 e. The maximum absolute atomic E-state index is 4.74. The zero-order valence-electron chi connectivity index (χ0n) is 10.8. The molecule has 86 valence electrons. The van der Waals surface area contributed by atoms with Gasteiger partial charge < -0.3 is 4.57 Å². The molecule has 2 aromatic rings. The maximum Gasteiger partial charge on any atom is 0.140 e. The van der Waals surface area contributed by atoms with Crippen LogP contribution in [-0.2, 0) is 7.05 Å². The van der Waals surface area contributed by atoms with Crippen molar-refractivity contribution in [1.29, 1.82) is 0 Å². The third-order valence-corrected chi connectivity index (χ3v) is 3.12. The van der Waals surface area contributed by atoms with Crippen molar-refractivity contribution in [2.45, 2.75) is 39.5 Å². The Morgan fingerprint density at radius 3 is 2.31 bits per heavy atom. The number of nitrogens with zero attached hydrogens (tertiary/aromatic N) is 2. The molecule has 0 radical (unpaired) electrons. The van der Waals surface area contributed by atoms with E-state index in [4.69, 9.17) is 4.98 Å². The molecule has 0 spiro atoms. The van der Waals surface area contributed by atoms with Gasteiger partial charge in [0, 0.05) is 23.8 Å². The van der Waals surface area contributed by atoms with Crippen LogP contribution < -0.4 is 0 Å². The largest absolute Gasteiger partial charge is 0.332 e. The number of aromatic nitrogens is 2. The molecule has 0 unspecified atom stereocenters. The lowest BCUT2D eigenvalue weighted by atomic mass is 10.1. The average molecular weight is 216 g/mol. The monoisotopic (exact) mass is 216 g/mol. The van der Waals surface area contributed by atoms with E-state index in [0.29, 0.717) is 11.8 Å². The van der Waals surface area contributed by atoms with Crippen LogP contribution in [0.2, 0.25) is 0 Å². The van der Waals surface area contributed by atoms with Gasteiger partial charge in [-0.3, -0.25) is 0 Å². The molecule has 2 heterocycles. The lowest BCUT2D eigenvalue weighted by Gasteiger charge is -2.08. The summed E-state index contributed by atoms with van der Waals surface area (Å²) in [5.41, 5.74) is 3.63. The van der Waals surface area contributed by atoms with E-state index >= 15 is 0 Å². The zero-order chi connectivity index (χ0) is 11.9. The molecule has 0 aliphatic heterocycles. The molecule has 0 aromatic carbocycles. The van der Waals surface area contributed by atoms with Gasteiger partial charge in [0.05, 0.1) is 0 Å². The normalized spacial score (nSPS) is 11.9. The van der Waals surface area contributed by atoms with E-state index in [1.807, 2.05) is 0 Å². The number of hydrogen-bond acceptors (Lipinski definition) is 1. The molecule has 0 N–H and O–H groups in total. The van der Waals surface area contributed by atoms with Crippen LogP contribution in [0.3, 0.4) is 0 Å². The molecule has 16 heavy (non-hydrogen) atoms. The smallest absolute Gasteiger partial charge is 0.140 e. The second-order valence-electron chi connectivity index (χ2n) is 5.09. The highest BCUT2D eigenvalue weighted by Crippen LogP contribution is 2.24. The number of fused-ring (bicyclic) bond motifs is 1. The van der Waals surface area contributed by atoms with Crippen molar-refractivity contribution in [3.63, 3.8) is 0 Å². The summed E-state index contributed by atoms with van der Waals surface area (Å²) >= 11 is 0. The Kier molecular flexibility index (Phi) is 2.75. The lowest BCUT2D eigenvalue weighted by molar-refractivity contribution is 0.746. The molecule has 2 nitrogen and oxygen atoms in total. The van der Waals surface area contributed by atoms with Crippen molar-refractivity contribution < 1.29 is 0 Å². The van der Waals surface area contributed by atoms with Crippen molar-refractivity contribution >= 4 is 11.0 Å². The van der Waals surface area contributed by atoms with E-state index in [1.165, 1.54) is 16.8 Å². The number of hydrogen-bond donors (Lipinski definition) is 0. The van der Waals surface area contributed by atoms with Crippen LogP contribution in [0.4, 0.5) is 0 Å². The summed E-state index contributed by atoms with van der Waals surface area (Å²) in [4.78, 5) is 4.74. The number of pyridine rings is 1. The molecule has 0 amide bonds. The molecule has 0 atom stereocenters. The highest BCUT2D eigenvalue weighted by Gasteiger charge is 2.11. The first-order valence-corrected chi connectivity index (χ1v) is 5.97. The number of aryl methyl sites for hydroxylation is 1. The predicted octanol–water partition coefficient (Wildman–Crippen LogP) is 3.82. The Balaban J connectivity index is 2.64. The Morgan fingerprint density at radius 1 is 1.06 bits per heavy atom. The molecule has 0 saturated carbocycles. The molecular weight excluding hydrogens is 196 g/mol. The third-order valence-electron chi connectivity index (χ3n) is 3.12.